The molecule has 0 saturated heterocycles. The fourth-order valence-electron chi connectivity index (χ4n) is 3.83. The van der Waals surface area contributed by atoms with Crippen LogP contribution in [0.5, 0.6) is 0 Å². The second-order valence-corrected chi connectivity index (χ2v) is 6.25. The van der Waals surface area contributed by atoms with E-state index in [1.807, 2.05) is 0 Å². The molecule has 1 atom stereocenters. The number of rotatable bonds is 2. The van der Waals surface area contributed by atoms with E-state index in [9.17, 15) is 4.79 Å². The van der Waals surface area contributed by atoms with Crippen LogP contribution >= 0.6 is 0 Å². The predicted molar refractivity (Wildman–Crippen MR) is 89.4 cm³/mol. The van der Waals surface area contributed by atoms with E-state index in [4.69, 9.17) is 5.11 Å². The Morgan fingerprint density at radius 1 is 1.05 bits per heavy atom. The summed E-state index contributed by atoms with van der Waals surface area (Å²) >= 11 is 0. The maximum atomic E-state index is 11.1. The van der Waals surface area contributed by atoms with Gasteiger partial charge in [-0.25, -0.2) is 0 Å². The lowest BCUT2D eigenvalue weighted by Gasteiger charge is -2.25. The van der Waals surface area contributed by atoms with Crippen LogP contribution in [0.15, 0.2) is 48.5 Å². The van der Waals surface area contributed by atoms with Crippen LogP contribution in [0.2, 0.25) is 0 Å². The zero-order valence-electron chi connectivity index (χ0n) is 12.4. The third kappa shape index (κ3) is 2.16. The molecule has 1 N–H and O–H groups in total. The molecule has 2 nitrogen and oxygen atoms in total. The molecule has 0 radical (unpaired) electrons. The fraction of sp³-hybridized carbons (Fsp3) is 0.250. The van der Waals surface area contributed by atoms with Crippen molar-refractivity contribution in [2.75, 3.05) is 0 Å². The third-order valence-corrected chi connectivity index (χ3v) is 4.86. The van der Waals surface area contributed by atoms with Gasteiger partial charge in [0.1, 0.15) is 0 Å². The van der Waals surface area contributed by atoms with Crippen LogP contribution in [0.3, 0.4) is 0 Å². The van der Waals surface area contributed by atoms with E-state index < -0.39 is 5.97 Å². The average molecular weight is 290 g/mol. The molecule has 2 heteroatoms. The molecule has 3 aromatic rings. The largest absolute Gasteiger partial charge is 0.481 e. The van der Waals surface area contributed by atoms with Crippen molar-refractivity contribution in [3.63, 3.8) is 0 Å². The van der Waals surface area contributed by atoms with Gasteiger partial charge >= 0.3 is 5.97 Å². The standard InChI is InChI=1S/C20H18O2/c21-20(22)12-15-6-3-5-14-11-19-16(10-18(14)15)9-8-13-4-1-2-7-17(13)19/h1-2,4,7-11,15H,3,5-6,12H2,(H,21,22)/t15-/m0/s1. The van der Waals surface area contributed by atoms with Gasteiger partial charge < -0.3 is 5.11 Å². The van der Waals surface area contributed by atoms with Gasteiger partial charge in [0, 0.05) is 0 Å². The highest BCUT2D eigenvalue weighted by molar-refractivity contribution is 6.07. The molecule has 4 rings (SSSR count). The third-order valence-electron chi connectivity index (χ3n) is 4.86. The molecule has 0 aliphatic heterocycles. The van der Waals surface area contributed by atoms with Crippen molar-refractivity contribution in [3.05, 3.63) is 59.7 Å². The van der Waals surface area contributed by atoms with Crippen molar-refractivity contribution in [1.82, 2.24) is 0 Å². The van der Waals surface area contributed by atoms with Gasteiger partial charge in [-0.1, -0.05) is 48.5 Å². The normalized spacial score (nSPS) is 17.5. The first-order valence-electron chi connectivity index (χ1n) is 7.88. The maximum absolute atomic E-state index is 11.1. The minimum Gasteiger partial charge on any atom is -0.481 e. The highest BCUT2D eigenvalue weighted by Gasteiger charge is 2.23. The average Bonchev–Trinajstić information content (AvgIpc) is 2.53. The van der Waals surface area contributed by atoms with Crippen LogP contribution in [0.1, 0.15) is 36.3 Å². The summed E-state index contributed by atoms with van der Waals surface area (Å²) in [6.07, 6.45) is 3.37. The Balaban J connectivity index is 1.94. The summed E-state index contributed by atoms with van der Waals surface area (Å²) in [7, 11) is 0. The number of hydrogen-bond acceptors (Lipinski definition) is 1. The van der Waals surface area contributed by atoms with E-state index >= 15 is 0 Å². The van der Waals surface area contributed by atoms with Crippen LogP contribution in [0.4, 0.5) is 0 Å². The molecule has 110 valence electrons. The number of carboxylic acids is 1. The highest BCUT2D eigenvalue weighted by atomic mass is 16.4. The second-order valence-electron chi connectivity index (χ2n) is 6.25. The zero-order valence-corrected chi connectivity index (χ0v) is 12.4. The monoisotopic (exact) mass is 290 g/mol. The molecule has 0 fully saturated rings. The Kier molecular flexibility index (Phi) is 3.11. The van der Waals surface area contributed by atoms with E-state index in [1.165, 1.54) is 32.7 Å². The lowest BCUT2D eigenvalue weighted by molar-refractivity contribution is -0.137. The minimum atomic E-state index is -0.698. The Morgan fingerprint density at radius 3 is 2.73 bits per heavy atom. The van der Waals surface area contributed by atoms with E-state index in [0.717, 1.165) is 19.3 Å². The van der Waals surface area contributed by atoms with Crippen molar-refractivity contribution < 1.29 is 9.90 Å². The van der Waals surface area contributed by atoms with E-state index in [0.29, 0.717) is 0 Å². The number of aliphatic carboxylic acids is 1. The van der Waals surface area contributed by atoms with E-state index in [1.54, 1.807) is 0 Å². The van der Waals surface area contributed by atoms with Crippen LogP contribution in [-0.2, 0) is 11.2 Å². The quantitative estimate of drug-likeness (QED) is 0.682. The first kappa shape index (κ1) is 13.3. The van der Waals surface area contributed by atoms with Crippen molar-refractivity contribution in [1.29, 1.82) is 0 Å². The Hall–Kier alpha value is -2.35. The maximum Gasteiger partial charge on any atom is 0.303 e. The molecule has 3 aromatic carbocycles. The number of carbonyl (C=O) groups is 1. The van der Waals surface area contributed by atoms with Crippen LogP contribution in [-0.4, -0.2) is 11.1 Å². The molecule has 1 aliphatic rings. The van der Waals surface area contributed by atoms with Gasteiger partial charge in [-0.3, -0.25) is 4.79 Å². The predicted octanol–water partition coefficient (Wildman–Crippen LogP) is 4.89. The summed E-state index contributed by atoms with van der Waals surface area (Å²) in [5.74, 6) is -0.534. The van der Waals surface area contributed by atoms with E-state index in [-0.39, 0.29) is 12.3 Å². The summed E-state index contributed by atoms with van der Waals surface area (Å²) < 4.78 is 0. The Bertz CT molecular complexity index is 879. The highest BCUT2D eigenvalue weighted by Crippen LogP contribution is 2.38. The SMILES string of the molecule is O=C(O)C[C@@H]1CCCc2cc3c(ccc4ccccc43)cc21. The van der Waals surface area contributed by atoms with Gasteiger partial charge in [0.25, 0.3) is 0 Å². The zero-order chi connectivity index (χ0) is 15.1. The number of fused-ring (bicyclic) bond motifs is 4. The minimum absolute atomic E-state index is 0.164. The summed E-state index contributed by atoms with van der Waals surface area (Å²) in [5, 5.41) is 14.2. The smallest absolute Gasteiger partial charge is 0.303 e. The van der Waals surface area contributed by atoms with Crippen LogP contribution < -0.4 is 0 Å². The summed E-state index contributed by atoms with van der Waals surface area (Å²) in [6, 6.07) is 17.3. The molecule has 0 unspecified atom stereocenters. The molecular formula is C20H18O2. The molecule has 0 heterocycles. The molecule has 0 aromatic heterocycles. The van der Waals surface area contributed by atoms with Crippen molar-refractivity contribution in [2.24, 2.45) is 0 Å². The first-order chi connectivity index (χ1) is 10.7. The van der Waals surface area contributed by atoms with Gasteiger partial charge in [-0.05, 0) is 57.9 Å². The number of aryl methyl sites for hydroxylation is 1. The molecule has 22 heavy (non-hydrogen) atoms. The molecule has 0 spiro atoms. The van der Waals surface area contributed by atoms with Crippen molar-refractivity contribution in [2.45, 2.75) is 31.6 Å². The first-order valence-corrected chi connectivity index (χ1v) is 7.88. The molecule has 1 aliphatic carbocycles. The lowest BCUT2D eigenvalue weighted by Crippen LogP contribution is -2.13. The lowest BCUT2D eigenvalue weighted by atomic mass is 9.79. The van der Waals surface area contributed by atoms with Crippen molar-refractivity contribution in [3.8, 4) is 0 Å². The van der Waals surface area contributed by atoms with Gasteiger partial charge in [0.15, 0.2) is 0 Å². The van der Waals surface area contributed by atoms with Gasteiger partial charge in [0.2, 0.25) is 0 Å². The number of hydrogen-bond donors (Lipinski definition) is 1. The summed E-state index contributed by atoms with van der Waals surface area (Å²) in [6.45, 7) is 0. The molecule has 0 saturated carbocycles. The summed E-state index contributed by atoms with van der Waals surface area (Å²) in [4.78, 5) is 11.1. The van der Waals surface area contributed by atoms with E-state index in [2.05, 4.69) is 48.5 Å². The Morgan fingerprint density at radius 2 is 1.86 bits per heavy atom. The van der Waals surface area contributed by atoms with Crippen molar-refractivity contribution >= 4 is 27.5 Å². The molecule has 0 amide bonds. The van der Waals surface area contributed by atoms with Crippen LogP contribution in [0.25, 0.3) is 21.5 Å². The van der Waals surface area contributed by atoms with Gasteiger partial charge in [0.05, 0.1) is 6.42 Å². The number of carboxylic acid groups (broad SMARTS) is 1. The molecule has 0 bridgehead atoms. The summed E-state index contributed by atoms with van der Waals surface area (Å²) in [5.41, 5.74) is 2.58. The Labute approximate surface area is 129 Å². The van der Waals surface area contributed by atoms with Gasteiger partial charge in [-0.2, -0.15) is 0 Å². The second kappa shape index (κ2) is 5.13. The molecular weight excluding hydrogens is 272 g/mol. The van der Waals surface area contributed by atoms with Crippen LogP contribution in [0, 0.1) is 0 Å². The van der Waals surface area contributed by atoms with Gasteiger partial charge in [-0.15, -0.1) is 0 Å². The topological polar surface area (TPSA) is 37.3 Å². The number of benzene rings is 3. The fourth-order valence-corrected chi connectivity index (χ4v) is 3.83.